The zero-order chi connectivity index (χ0) is 23.4. The molecule has 9 atom stereocenters. The van der Waals surface area contributed by atoms with E-state index in [1.165, 1.54) is 7.11 Å². The van der Waals surface area contributed by atoms with Crippen LogP contribution in [0.15, 0.2) is 24.3 Å². The van der Waals surface area contributed by atoms with Gasteiger partial charge in [-0.3, -0.25) is 0 Å². The first kappa shape index (κ1) is 24.8. The van der Waals surface area contributed by atoms with E-state index in [9.17, 15) is 30.6 Å². The lowest BCUT2D eigenvalue weighted by atomic mass is 9.99. The van der Waals surface area contributed by atoms with Crippen LogP contribution in [0.25, 0.3) is 6.08 Å². The number of hydrogen-bond acceptors (Lipinski definition) is 11. The summed E-state index contributed by atoms with van der Waals surface area (Å²) in [5, 5.41) is 60.2. The van der Waals surface area contributed by atoms with Crippen molar-refractivity contribution in [3.63, 3.8) is 0 Å². The largest absolute Gasteiger partial charge is 0.493 e. The van der Waals surface area contributed by atoms with Crippen LogP contribution in [0.3, 0.4) is 0 Å². The lowest BCUT2D eigenvalue weighted by molar-refractivity contribution is -0.307. The molecule has 0 unspecified atom stereocenters. The number of rotatable bonds is 7. The van der Waals surface area contributed by atoms with Gasteiger partial charge in [0.05, 0.1) is 20.3 Å². The van der Waals surface area contributed by atoms with Gasteiger partial charge in [-0.15, -0.1) is 0 Å². The monoisotopic (exact) mass is 458 g/mol. The van der Waals surface area contributed by atoms with Crippen LogP contribution in [0.4, 0.5) is 0 Å². The minimum atomic E-state index is -1.61. The van der Waals surface area contributed by atoms with Crippen molar-refractivity contribution in [2.24, 2.45) is 0 Å². The Balaban J connectivity index is 1.70. The van der Waals surface area contributed by atoms with Crippen LogP contribution in [0.5, 0.6) is 11.5 Å². The number of aliphatic hydroxyl groups excluding tert-OH is 6. The predicted octanol–water partition coefficient (Wildman–Crippen LogP) is -1.63. The number of ether oxygens (including phenoxy) is 5. The molecule has 1 aromatic carbocycles. The van der Waals surface area contributed by atoms with E-state index >= 15 is 0 Å². The minimum Gasteiger partial charge on any atom is -0.493 e. The Morgan fingerprint density at radius 3 is 2.34 bits per heavy atom. The standard InChI is InChI=1S/C21H30O11/c1-3-4-10-5-6-12(28-2)13(7-10)31-21-19(27)17(25)16(24)14(32-21)9-30-20-18(26)15(23)11(22)8-29-20/h3-7,11,14-27H,8-9H2,1-2H3/b4-3+/t11-,14+,15-,16+,17-,18+,19+,20-,21+/m0/s1. The van der Waals surface area contributed by atoms with Crippen molar-refractivity contribution in [1.82, 2.24) is 0 Å². The van der Waals surface area contributed by atoms with Gasteiger partial charge in [-0.05, 0) is 24.6 Å². The molecule has 0 spiro atoms. The summed E-state index contributed by atoms with van der Waals surface area (Å²) in [5.74, 6) is 0.618. The predicted molar refractivity (Wildman–Crippen MR) is 109 cm³/mol. The molecule has 1 aromatic rings. The number of allylic oxidation sites excluding steroid dienone is 1. The van der Waals surface area contributed by atoms with E-state index < -0.39 is 55.3 Å². The topological polar surface area (TPSA) is 168 Å². The van der Waals surface area contributed by atoms with E-state index in [4.69, 9.17) is 23.7 Å². The summed E-state index contributed by atoms with van der Waals surface area (Å²) < 4.78 is 27.2. The molecule has 0 amide bonds. The van der Waals surface area contributed by atoms with E-state index in [2.05, 4.69) is 0 Å². The second-order valence-electron chi connectivity index (χ2n) is 7.63. The third-order valence-corrected chi connectivity index (χ3v) is 5.34. The van der Waals surface area contributed by atoms with Gasteiger partial charge in [0, 0.05) is 0 Å². The molecule has 0 aromatic heterocycles. The van der Waals surface area contributed by atoms with Crippen molar-refractivity contribution in [2.45, 2.75) is 62.2 Å². The van der Waals surface area contributed by atoms with Crippen LogP contribution in [0.1, 0.15) is 12.5 Å². The molecular weight excluding hydrogens is 428 g/mol. The maximum absolute atomic E-state index is 10.4. The van der Waals surface area contributed by atoms with Crippen LogP contribution in [-0.2, 0) is 14.2 Å². The van der Waals surface area contributed by atoms with Gasteiger partial charge in [-0.1, -0.05) is 18.2 Å². The second-order valence-corrected chi connectivity index (χ2v) is 7.63. The summed E-state index contributed by atoms with van der Waals surface area (Å²) in [6.07, 6.45) is -9.13. The SMILES string of the molecule is C/C=C/c1ccc(OC)c(O[C@@H]2O[C@H](CO[C@@H]3OC[C@H](O)[C@H](O)[C@H]3O)[C@@H](O)[C@H](O)[C@H]2O)c1. The zero-order valence-electron chi connectivity index (χ0n) is 17.7. The summed E-state index contributed by atoms with van der Waals surface area (Å²) >= 11 is 0. The van der Waals surface area contributed by atoms with Crippen LogP contribution >= 0.6 is 0 Å². The molecule has 2 heterocycles. The van der Waals surface area contributed by atoms with Gasteiger partial charge >= 0.3 is 0 Å². The first-order valence-electron chi connectivity index (χ1n) is 10.2. The van der Waals surface area contributed by atoms with Crippen molar-refractivity contribution in [3.8, 4) is 11.5 Å². The molecule has 11 heteroatoms. The fourth-order valence-corrected chi connectivity index (χ4v) is 3.47. The highest BCUT2D eigenvalue weighted by molar-refractivity contribution is 5.55. The van der Waals surface area contributed by atoms with Crippen molar-refractivity contribution in [1.29, 1.82) is 0 Å². The average Bonchev–Trinajstić information content (AvgIpc) is 2.78. The first-order valence-corrected chi connectivity index (χ1v) is 10.2. The molecule has 0 aliphatic carbocycles. The maximum atomic E-state index is 10.4. The van der Waals surface area contributed by atoms with E-state index in [0.717, 1.165) is 5.56 Å². The maximum Gasteiger partial charge on any atom is 0.229 e. The first-order chi connectivity index (χ1) is 15.3. The Kier molecular flexibility index (Phi) is 8.44. The molecule has 32 heavy (non-hydrogen) atoms. The van der Waals surface area contributed by atoms with E-state index in [1.807, 2.05) is 19.1 Å². The van der Waals surface area contributed by atoms with Crippen molar-refractivity contribution < 1.29 is 54.3 Å². The number of methoxy groups -OCH3 is 1. The molecule has 2 fully saturated rings. The molecule has 11 nitrogen and oxygen atoms in total. The molecular formula is C21H30O11. The Bertz CT molecular complexity index is 772. The molecule has 0 saturated carbocycles. The summed E-state index contributed by atoms with van der Waals surface area (Å²) in [6, 6.07) is 5.14. The smallest absolute Gasteiger partial charge is 0.229 e. The summed E-state index contributed by atoms with van der Waals surface area (Å²) in [6.45, 7) is 1.23. The van der Waals surface area contributed by atoms with E-state index in [1.54, 1.807) is 18.2 Å². The Labute approximate surface area is 185 Å². The van der Waals surface area contributed by atoms with E-state index in [-0.39, 0.29) is 19.0 Å². The van der Waals surface area contributed by atoms with Gasteiger partial charge < -0.3 is 54.3 Å². The van der Waals surface area contributed by atoms with Crippen LogP contribution < -0.4 is 9.47 Å². The van der Waals surface area contributed by atoms with Gasteiger partial charge in [-0.2, -0.15) is 0 Å². The zero-order valence-corrected chi connectivity index (χ0v) is 17.7. The lowest BCUT2D eigenvalue weighted by Crippen LogP contribution is -2.61. The van der Waals surface area contributed by atoms with Crippen LogP contribution in [0.2, 0.25) is 0 Å². The second kappa shape index (κ2) is 10.9. The van der Waals surface area contributed by atoms with Gasteiger partial charge in [-0.25, -0.2) is 0 Å². The summed E-state index contributed by atoms with van der Waals surface area (Å²) in [5.41, 5.74) is 0.804. The van der Waals surface area contributed by atoms with Crippen molar-refractivity contribution in [2.75, 3.05) is 20.3 Å². The minimum absolute atomic E-state index is 0.249. The van der Waals surface area contributed by atoms with Crippen molar-refractivity contribution >= 4 is 6.08 Å². The Hall–Kier alpha value is -1.80. The van der Waals surface area contributed by atoms with Gasteiger partial charge in [0.2, 0.25) is 6.29 Å². The quantitative estimate of drug-likeness (QED) is 0.278. The summed E-state index contributed by atoms with van der Waals surface area (Å²) in [4.78, 5) is 0. The number of aliphatic hydroxyl groups is 6. The summed E-state index contributed by atoms with van der Waals surface area (Å²) in [7, 11) is 1.45. The Morgan fingerprint density at radius 2 is 1.66 bits per heavy atom. The normalized spacial score (nSPS) is 38.1. The van der Waals surface area contributed by atoms with Crippen molar-refractivity contribution in [3.05, 3.63) is 29.8 Å². The van der Waals surface area contributed by atoms with Gasteiger partial charge in [0.1, 0.15) is 42.7 Å². The third-order valence-electron chi connectivity index (χ3n) is 5.34. The third kappa shape index (κ3) is 5.39. The van der Waals surface area contributed by atoms with E-state index in [0.29, 0.717) is 5.75 Å². The molecule has 2 aliphatic heterocycles. The molecule has 180 valence electrons. The highest BCUT2D eigenvalue weighted by Crippen LogP contribution is 2.32. The van der Waals surface area contributed by atoms with Crippen LogP contribution in [0, 0.1) is 0 Å². The molecule has 0 radical (unpaired) electrons. The highest BCUT2D eigenvalue weighted by atomic mass is 16.7. The number of hydrogen-bond donors (Lipinski definition) is 6. The Morgan fingerprint density at radius 1 is 0.938 bits per heavy atom. The highest BCUT2D eigenvalue weighted by Gasteiger charge is 2.46. The van der Waals surface area contributed by atoms with Gasteiger partial charge in [0.25, 0.3) is 0 Å². The average molecular weight is 458 g/mol. The fraction of sp³-hybridized carbons (Fsp3) is 0.619. The van der Waals surface area contributed by atoms with Crippen LogP contribution in [-0.4, -0.2) is 106 Å². The molecule has 2 saturated heterocycles. The number of benzene rings is 1. The lowest BCUT2D eigenvalue weighted by Gasteiger charge is -2.41. The molecule has 3 rings (SSSR count). The van der Waals surface area contributed by atoms with Gasteiger partial charge in [0.15, 0.2) is 17.8 Å². The molecule has 2 aliphatic rings. The molecule has 0 bridgehead atoms. The fourth-order valence-electron chi connectivity index (χ4n) is 3.47. The molecule has 6 N–H and O–H groups in total.